The summed E-state index contributed by atoms with van der Waals surface area (Å²) < 4.78 is 7.77. The highest BCUT2D eigenvalue weighted by Crippen LogP contribution is 2.21. The van der Waals surface area contributed by atoms with Crippen molar-refractivity contribution in [3.63, 3.8) is 0 Å². The second-order valence-corrected chi connectivity index (χ2v) is 8.18. The molecule has 0 unspecified atom stereocenters. The van der Waals surface area contributed by atoms with Gasteiger partial charge in [-0.15, -0.1) is 5.10 Å². The van der Waals surface area contributed by atoms with Gasteiger partial charge >= 0.3 is 0 Å². The van der Waals surface area contributed by atoms with Crippen LogP contribution in [0, 0.1) is 0 Å². The number of benzene rings is 1. The molecule has 2 aliphatic heterocycles. The van der Waals surface area contributed by atoms with E-state index in [4.69, 9.17) is 16.3 Å². The van der Waals surface area contributed by atoms with Crippen LogP contribution in [0.1, 0.15) is 30.3 Å². The van der Waals surface area contributed by atoms with Gasteiger partial charge in [0.05, 0.1) is 19.2 Å². The molecule has 8 heteroatoms. The summed E-state index contributed by atoms with van der Waals surface area (Å²) in [4.78, 5) is 3.09. The summed E-state index contributed by atoms with van der Waals surface area (Å²) in [5.74, 6) is 0.917. The predicted octanol–water partition coefficient (Wildman–Crippen LogP) is -0.436. The minimum atomic E-state index is 0.0963. The van der Waals surface area contributed by atoms with Crippen LogP contribution in [0.15, 0.2) is 36.9 Å². The smallest absolute Gasteiger partial charge is 0.214 e. The highest BCUT2D eigenvalue weighted by atomic mass is 35.5. The molecule has 0 amide bonds. The zero-order chi connectivity index (χ0) is 19.3. The van der Waals surface area contributed by atoms with Crippen molar-refractivity contribution >= 4 is 11.6 Å². The summed E-state index contributed by atoms with van der Waals surface area (Å²) >= 11 is 6.14. The van der Waals surface area contributed by atoms with E-state index in [1.165, 1.54) is 10.5 Å². The zero-order valence-corrected chi connectivity index (χ0v) is 16.9. The largest absolute Gasteiger partial charge is 0.376 e. The highest BCUT2D eigenvalue weighted by molar-refractivity contribution is 6.30. The molecule has 0 saturated carbocycles. The molecule has 7 nitrogen and oxygen atoms in total. The number of piperazine rings is 1. The van der Waals surface area contributed by atoms with Gasteiger partial charge in [0.15, 0.2) is 6.04 Å². The monoisotopic (exact) mass is 404 g/mol. The molecule has 1 aromatic heterocycles. The van der Waals surface area contributed by atoms with Crippen LogP contribution in [-0.4, -0.2) is 65.6 Å². The van der Waals surface area contributed by atoms with Crippen molar-refractivity contribution in [3.8, 4) is 0 Å². The number of nitrogens with one attached hydrogen (secondary N) is 2. The maximum Gasteiger partial charge on any atom is 0.214 e. The Morgan fingerprint density at radius 2 is 2.04 bits per heavy atom. The molecule has 0 bridgehead atoms. The molecule has 0 aliphatic carbocycles. The normalized spacial score (nSPS) is 26.2. The summed E-state index contributed by atoms with van der Waals surface area (Å²) in [5.41, 5.74) is 1.20. The first-order valence-electron chi connectivity index (χ1n) is 10.2. The van der Waals surface area contributed by atoms with Gasteiger partial charge in [0.25, 0.3) is 0 Å². The molecule has 4 rings (SSSR count). The quantitative estimate of drug-likeness (QED) is 0.614. The van der Waals surface area contributed by atoms with E-state index in [1.807, 2.05) is 22.9 Å². The van der Waals surface area contributed by atoms with E-state index < -0.39 is 0 Å². The van der Waals surface area contributed by atoms with Crippen LogP contribution in [0.2, 0.25) is 5.02 Å². The summed E-state index contributed by atoms with van der Waals surface area (Å²) in [6.45, 7) is 10.9. The first-order valence-corrected chi connectivity index (χ1v) is 10.5. The molecule has 2 atom stereocenters. The molecule has 2 fully saturated rings. The third-order valence-electron chi connectivity index (χ3n) is 5.86. The lowest BCUT2D eigenvalue weighted by Gasteiger charge is -2.34. The van der Waals surface area contributed by atoms with Gasteiger partial charge in [-0.25, -0.2) is 4.68 Å². The van der Waals surface area contributed by atoms with Crippen molar-refractivity contribution in [1.29, 1.82) is 0 Å². The third-order valence-corrected chi connectivity index (χ3v) is 6.11. The van der Waals surface area contributed by atoms with Crippen LogP contribution in [0.25, 0.3) is 0 Å². The Hall–Kier alpha value is -1.80. The lowest BCUT2D eigenvalue weighted by Crippen LogP contribution is -3.28. The van der Waals surface area contributed by atoms with Crippen LogP contribution in [-0.2, 0) is 11.3 Å². The molecule has 0 spiro atoms. The molecular formula is C20H29ClN6O+2. The van der Waals surface area contributed by atoms with E-state index in [0.29, 0.717) is 6.54 Å². The number of tetrazole rings is 1. The average Bonchev–Trinajstić information content (AvgIpc) is 3.38. The van der Waals surface area contributed by atoms with Crippen molar-refractivity contribution in [2.75, 3.05) is 39.3 Å². The summed E-state index contributed by atoms with van der Waals surface area (Å²) in [6.07, 6.45) is 4.40. The molecule has 150 valence electrons. The number of quaternary nitrogens is 2. The van der Waals surface area contributed by atoms with Crippen LogP contribution < -0.4 is 9.80 Å². The minimum absolute atomic E-state index is 0.0963. The van der Waals surface area contributed by atoms with E-state index in [9.17, 15) is 0 Å². The van der Waals surface area contributed by atoms with Crippen LogP contribution in [0.5, 0.6) is 0 Å². The van der Waals surface area contributed by atoms with Gasteiger partial charge in [-0.1, -0.05) is 30.3 Å². The van der Waals surface area contributed by atoms with Crippen molar-refractivity contribution in [3.05, 3.63) is 53.3 Å². The van der Waals surface area contributed by atoms with Crippen molar-refractivity contribution in [2.45, 2.75) is 31.5 Å². The lowest BCUT2D eigenvalue weighted by molar-refractivity contribution is -1.02. The van der Waals surface area contributed by atoms with Crippen LogP contribution >= 0.6 is 11.6 Å². The number of halogens is 1. The van der Waals surface area contributed by atoms with Crippen molar-refractivity contribution in [1.82, 2.24) is 20.2 Å². The van der Waals surface area contributed by atoms with E-state index >= 15 is 0 Å². The van der Waals surface area contributed by atoms with Crippen molar-refractivity contribution < 1.29 is 14.5 Å². The van der Waals surface area contributed by atoms with Gasteiger partial charge in [0, 0.05) is 17.2 Å². The summed E-state index contributed by atoms with van der Waals surface area (Å²) in [7, 11) is 0. The van der Waals surface area contributed by atoms with E-state index in [-0.39, 0.29) is 12.1 Å². The maximum atomic E-state index is 6.14. The predicted molar refractivity (Wildman–Crippen MR) is 107 cm³/mol. The SMILES string of the molecule is C=CC[NH+]1CC[NH+]([C@@H](c2ccc(Cl)cc2)c2nnnn2C[C@@H]2CCCO2)CC1. The Morgan fingerprint density at radius 3 is 2.71 bits per heavy atom. The zero-order valence-electron chi connectivity index (χ0n) is 16.2. The second-order valence-electron chi connectivity index (χ2n) is 7.74. The Labute approximate surface area is 170 Å². The average molecular weight is 405 g/mol. The number of hydrogen-bond acceptors (Lipinski definition) is 4. The Bertz CT molecular complexity index is 765. The lowest BCUT2D eigenvalue weighted by atomic mass is 10.0. The molecule has 2 saturated heterocycles. The molecule has 28 heavy (non-hydrogen) atoms. The van der Waals surface area contributed by atoms with Gasteiger partial charge in [-0.3, -0.25) is 0 Å². The standard InChI is InChI=1S/C20H27ClN6O/c1-2-9-25-10-12-26(13-11-25)19(16-5-7-17(21)8-6-16)20-22-23-24-27(20)15-18-4-3-14-28-18/h2,5-8,18-19H,1,3-4,9-15H2/p+2/t18-,19-/m0/s1. The Morgan fingerprint density at radius 1 is 1.25 bits per heavy atom. The fraction of sp³-hybridized carbons (Fsp3) is 0.550. The third kappa shape index (κ3) is 4.43. The number of nitrogens with zero attached hydrogens (tertiary/aromatic N) is 4. The number of aromatic nitrogens is 4. The molecule has 3 heterocycles. The van der Waals surface area contributed by atoms with Gasteiger partial charge < -0.3 is 14.5 Å². The van der Waals surface area contributed by atoms with Crippen LogP contribution in [0.4, 0.5) is 0 Å². The van der Waals surface area contributed by atoms with Gasteiger partial charge in [0.2, 0.25) is 5.82 Å². The fourth-order valence-electron chi connectivity index (χ4n) is 4.37. The first-order chi connectivity index (χ1) is 13.7. The van der Waals surface area contributed by atoms with E-state index in [0.717, 1.165) is 63.0 Å². The molecule has 0 radical (unpaired) electrons. The molecule has 2 aliphatic rings. The van der Waals surface area contributed by atoms with Crippen molar-refractivity contribution in [2.24, 2.45) is 0 Å². The number of hydrogen-bond donors (Lipinski definition) is 2. The van der Waals surface area contributed by atoms with E-state index in [2.05, 4.69) is 34.2 Å². The van der Waals surface area contributed by atoms with Crippen LogP contribution in [0.3, 0.4) is 0 Å². The minimum Gasteiger partial charge on any atom is -0.376 e. The van der Waals surface area contributed by atoms with Gasteiger partial charge in [-0.2, -0.15) is 0 Å². The summed E-state index contributed by atoms with van der Waals surface area (Å²) in [6, 6.07) is 8.22. The number of rotatable bonds is 7. The summed E-state index contributed by atoms with van der Waals surface area (Å²) in [5, 5.41) is 13.5. The fourth-order valence-corrected chi connectivity index (χ4v) is 4.50. The maximum absolute atomic E-state index is 6.14. The Kier molecular flexibility index (Phi) is 6.36. The topological polar surface area (TPSA) is 61.7 Å². The highest BCUT2D eigenvalue weighted by Gasteiger charge is 2.35. The molecule has 1 aromatic carbocycles. The molecule has 2 N–H and O–H groups in total. The van der Waals surface area contributed by atoms with Gasteiger partial charge in [-0.05, 0) is 41.5 Å². The van der Waals surface area contributed by atoms with Gasteiger partial charge in [0.1, 0.15) is 26.2 Å². The molecular weight excluding hydrogens is 376 g/mol. The Balaban J connectivity index is 1.60. The second kappa shape index (κ2) is 9.13. The first kappa shape index (κ1) is 19.5. The molecule has 2 aromatic rings. The van der Waals surface area contributed by atoms with E-state index in [1.54, 1.807) is 4.90 Å². The number of ether oxygens (including phenoxy) is 1.